The van der Waals surface area contributed by atoms with Gasteiger partial charge in [-0.05, 0) is 72.8 Å². The van der Waals surface area contributed by atoms with Crippen LogP contribution in [0.15, 0.2) is 87.1 Å². The summed E-state index contributed by atoms with van der Waals surface area (Å²) in [6.45, 7) is 0. The van der Waals surface area contributed by atoms with Gasteiger partial charge in [0.2, 0.25) is 0 Å². The summed E-state index contributed by atoms with van der Waals surface area (Å²) in [5.41, 5.74) is 0.566. The third-order valence-electron chi connectivity index (χ3n) is 3.64. The summed E-state index contributed by atoms with van der Waals surface area (Å²) in [7, 11) is -7.74. The van der Waals surface area contributed by atoms with E-state index in [-0.39, 0.29) is 15.5 Å². The van der Waals surface area contributed by atoms with Gasteiger partial charge in [0, 0.05) is 15.8 Å². The van der Waals surface area contributed by atoms with Gasteiger partial charge in [0.15, 0.2) is 0 Å². The van der Waals surface area contributed by atoms with Crippen molar-refractivity contribution in [3.63, 3.8) is 0 Å². The molecule has 0 amide bonds. The molecule has 0 saturated carbocycles. The molecule has 28 heavy (non-hydrogen) atoms. The summed E-state index contributed by atoms with van der Waals surface area (Å²) in [5.74, 6) is -0.549. The second-order valence-corrected chi connectivity index (χ2v) is 9.98. The lowest BCUT2D eigenvalue weighted by Gasteiger charge is -2.10. The summed E-state index contributed by atoms with van der Waals surface area (Å²) in [6.07, 6.45) is 0. The molecule has 0 aliphatic carbocycles. The molecular weight excluding hydrogens is 471 g/mol. The van der Waals surface area contributed by atoms with Gasteiger partial charge in [0.05, 0.1) is 9.79 Å². The molecular formula is C18H14BrFN2O4S2. The fourth-order valence-electron chi connectivity index (χ4n) is 2.26. The van der Waals surface area contributed by atoms with Crippen LogP contribution in [0.5, 0.6) is 0 Å². The zero-order chi connectivity index (χ0) is 20.4. The maximum Gasteiger partial charge on any atom is 0.261 e. The summed E-state index contributed by atoms with van der Waals surface area (Å²) < 4.78 is 68.0. The van der Waals surface area contributed by atoms with Gasteiger partial charge in [-0.2, -0.15) is 0 Å². The monoisotopic (exact) mass is 484 g/mol. The second-order valence-electron chi connectivity index (χ2n) is 5.70. The van der Waals surface area contributed by atoms with Crippen LogP contribution in [0.25, 0.3) is 0 Å². The Morgan fingerprint density at radius 1 is 0.607 bits per heavy atom. The molecule has 10 heteroatoms. The van der Waals surface area contributed by atoms with Gasteiger partial charge in [-0.1, -0.05) is 15.9 Å². The van der Waals surface area contributed by atoms with E-state index in [0.717, 1.165) is 28.7 Å². The van der Waals surface area contributed by atoms with Crippen LogP contribution in [0.4, 0.5) is 15.8 Å². The molecule has 3 aromatic carbocycles. The molecule has 146 valence electrons. The second kappa shape index (κ2) is 7.90. The van der Waals surface area contributed by atoms with Crippen molar-refractivity contribution in [1.82, 2.24) is 0 Å². The first-order valence-corrected chi connectivity index (χ1v) is 11.6. The molecule has 3 aromatic rings. The van der Waals surface area contributed by atoms with Crippen molar-refractivity contribution in [2.24, 2.45) is 0 Å². The predicted octanol–water partition coefficient (Wildman–Crippen LogP) is 4.19. The molecule has 6 nitrogen and oxygen atoms in total. The van der Waals surface area contributed by atoms with E-state index in [4.69, 9.17) is 0 Å². The SMILES string of the molecule is O=S(=O)(Nc1ccc(S(=O)(=O)Nc2ccc(Br)cc2)cc1)c1ccc(F)cc1. The molecule has 0 aliphatic heterocycles. The standard InChI is InChI=1S/C18H14BrFN2O4S2/c19-13-1-5-15(6-2-13)21-28(25,26)18-11-7-16(8-12-18)22-27(23,24)17-9-3-14(20)4-10-17/h1-12,21-22H. The van der Waals surface area contributed by atoms with Gasteiger partial charge in [0.1, 0.15) is 5.82 Å². The van der Waals surface area contributed by atoms with E-state index in [1.807, 2.05) is 0 Å². The highest BCUT2D eigenvalue weighted by Crippen LogP contribution is 2.21. The molecule has 0 spiro atoms. The first-order valence-electron chi connectivity index (χ1n) is 7.83. The Morgan fingerprint density at radius 2 is 0.964 bits per heavy atom. The molecule has 0 aliphatic rings. The van der Waals surface area contributed by atoms with E-state index < -0.39 is 25.9 Å². The molecule has 3 rings (SSSR count). The molecule has 0 radical (unpaired) electrons. The van der Waals surface area contributed by atoms with Gasteiger partial charge < -0.3 is 0 Å². The van der Waals surface area contributed by atoms with Gasteiger partial charge in [0.25, 0.3) is 20.0 Å². The Bertz CT molecular complexity index is 1180. The Hall–Kier alpha value is -2.43. The maximum absolute atomic E-state index is 13.0. The summed E-state index contributed by atoms with van der Waals surface area (Å²) >= 11 is 3.27. The smallest absolute Gasteiger partial charge is 0.261 e. The van der Waals surface area contributed by atoms with Crippen molar-refractivity contribution in [2.75, 3.05) is 9.44 Å². The van der Waals surface area contributed by atoms with Crippen molar-refractivity contribution in [3.8, 4) is 0 Å². The van der Waals surface area contributed by atoms with Gasteiger partial charge in [-0.15, -0.1) is 0 Å². The lowest BCUT2D eigenvalue weighted by atomic mass is 10.3. The normalized spacial score (nSPS) is 11.8. The van der Waals surface area contributed by atoms with Gasteiger partial charge >= 0.3 is 0 Å². The zero-order valence-electron chi connectivity index (χ0n) is 14.1. The van der Waals surface area contributed by atoms with E-state index in [0.29, 0.717) is 5.69 Å². The van der Waals surface area contributed by atoms with Crippen LogP contribution in [-0.2, 0) is 20.0 Å². The number of anilines is 2. The van der Waals surface area contributed by atoms with Crippen molar-refractivity contribution in [2.45, 2.75) is 9.79 Å². The van der Waals surface area contributed by atoms with E-state index in [1.165, 1.54) is 24.3 Å². The minimum atomic E-state index is -3.92. The fourth-order valence-corrected chi connectivity index (χ4v) is 4.64. The van der Waals surface area contributed by atoms with E-state index in [9.17, 15) is 21.2 Å². The quantitative estimate of drug-likeness (QED) is 0.548. The van der Waals surface area contributed by atoms with E-state index >= 15 is 0 Å². The molecule has 0 aromatic heterocycles. The topological polar surface area (TPSA) is 92.3 Å². The minimum absolute atomic E-state index is 0.0276. The lowest BCUT2D eigenvalue weighted by molar-refractivity contribution is 0.599. The van der Waals surface area contributed by atoms with Crippen LogP contribution in [0.1, 0.15) is 0 Å². The lowest BCUT2D eigenvalue weighted by Crippen LogP contribution is -2.14. The number of rotatable bonds is 6. The van der Waals surface area contributed by atoms with Crippen molar-refractivity contribution in [3.05, 3.63) is 83.1 Å². The summed E-state index contributed by atoms with van der Waals surface area (Å²) in [4.78, 5) is -0.136. The third-order valence-corrected chi connectivity index (χ3v) is 6.96. The highest BCUT2D eigenvalue weighted by molar-refractivity contribution is 9.10. The molecule has 0 bridgehead atoms. The molecule has 0 fully saturated rings. The highest BCUT2D eigenvalue weighted by Gasteiger charge is 2.17. The van der Waals surface area contributed by atoms with Crippen LogP contribution in [0.3, 0.4) is 0 Å². The summed E-state index contributed by atoms with van der Waals surface area (Å²) in [5, 5.41) is 0. The molecule has 0 saturated heterocycles. The minimum Gasteiger partial charge on any atom is -0.280 e. The first kappa shape index (κ1) is 20.3. The maximum atomic E-state index is 13.0. The third kappa shape index (κ3) is 4.89. The number of benzene rings is 3. The van der Waals surface area contributed by atoms with Gasteiger partial charge in [-0.3, -0.25) is 9.44 Å². The Labute approximate surface area is 170 Å². The number of halogens is 2. The molecule has 2 N–H and O–H groups in total. The molecule has 0 unspecified atom stereocenters. The van der Waals surface area contributed by atoms with E-state index in [2.05, 4.69) is 25.4 Å². The zero-order valence-corrected chi connectivity index (χ0v) is 17.4. The van der Waals surface area contributed by atoms with Crippen LogP contribution in [0, 0.1) is 5.82 Å². The van der Waals surface area contributed by atoms with Crippen LogP contribution in [-0.4, -0.2) is 16.8 Å². The average molecular weight is 485 g/mol. The van der Waals surface area contributed by atoms with Crippen LogP contribution in [0.2, 0.25) is 0 Å². The number of nitrogens with one attached hydrogen (secondary N) is 2. The van der Waals surface area contributed by atoms with Gasteiger partial charge in [-0.25, -0.2) is 21.2 Å². The predicted molar refractivity (Wildman–Crippen MR) is 109 cm³/mol. The molecule has 0 atom stereocenters. The van der Waals surface area contributed by atoms with E-state index in [1.54, 1.807) is 24.3 Å². The van der Waals surface area contributed by atoms with Crippen molar-refractivity contribution < 1.29 is 21.2 Å². The Morgan fingerprint density at radius 3 is 1.39 bits per heavy atom. The van der Waals surface area contributed by atoms with Crippen LogP contribution >= 0.6 is 15.9 Å². The number of sulfonamides is 2. The highest BCUT2D eigenvalue weighted by atomic mass is 79.9. The number of hydrogen-bond donors (Lipinski definition) is 2. The number of hydrogen-bond acceptors (Lipinski definition) is 4. The Kier molecular flexibility index (Phi) is 5.73. The fraction of sp³-hybridized carbons (Fsp3) is 0. The van der Waals surface area contributed by atoms with Crippen molar-refractivity contribution >= 4 is 47.4 Å². The molecule has 0 heterocycles. The Balaban J connectivity index is 1.77. The first-order chi connectivity index (χ1) is 13.2. The largest absolute Gasteiger partial charge is 0.280 e. The average Bonchev–Trinajstić information content (AvgIpc) is 2.64. The summed E-state index contributed by atoms with van der Waals surface area (Å²) in [6, 6.07) is 16.2. The van der Waals surface area contributed by atoms with Crippen molar-refractivity contribution in [1.29, 1.82) is 0 Å². The van der Waals surface area contributed by atoms with Crippen LogP contribution < -0.4 is 9.44 Å².